The van der Waals surface area contributed by atoms with Crippen molar-refractivity contribution in [2.24, 2.45) is 11.8 Å². The summed E-state index contributed by atoms with van der Waals surface area (Å²) in [5.41, 5.74) is -0.495. The first-order chi connectivity index (χ1) is 7.59. The van der Waals surface area contributed by atoms with Crippen molar-refractivity contribution in [1.29, 1.82) is 0 Å². The summed E-state index contributed by atoms with van der Waals surface area (Å²) in [4.78, 5) is 4.28. The van der Waals surface area contributed by atoms with E-state index in [1.54, 1.807) is 11.3 Å². The fourth-order valence-corrected chi connectivity index (χ4v) is 3.49. The maximum absolute atomic E-state index is 10.6. The Kier molecular flexibility index (Phi) is 3.65. The van der Waals surface area contributed by atoms with E-state index in [-0.39, 0.29) is 0 Å². The summed E-state index contributed by atoms with van der Waals surface area (Å²) in [7, 11) is 0. The molecule has 0 spiro atoms. The Balaban J connectivity index is 2.01. The molecule has 1 heterocycles. The third kappa shape index (κ3) is 2.83. The third-order valence-electron chi connectivity index (χ3n) is 3.77. The number of rotatable bonds is 3. The van der Waals surface area contributed by atoms with E-state index in [0.29, 0.717) is 11.8 Å². The lowest BCUT2D eigenvalue weighted by molar-refractivity contribution is -0.0239. The average Bonchev–Trinajstić information content (AvgIpc) is 2.69. The van der Waals surface area contributed by atoms with Gasteiger partial charge in [0.1, 0.15) is 0 Å². The highest BCUT2D eigenvalue weighted by Gasteiger charge is 2.35. The van der Waals surface area contributed by atoms with Crippen LogP contribution in [0.5, 0.6) is 0 Å². The van der Waals surface area contributed by atoms with Crippen LogP contribution in [0.4, 0.5) is 0 Å². The first-order valence-corrected chi connectivity index (χ1v) is 7.08. The minimum absolute atomic E-state index is 0.495. The van der Waals surface area contributed by atoms with Crippen molar-refractivity contribution in [2.45, 2.75) is 51.6 Å². The molecule has 1 aromatic rings. The van der Waals surface area contributed by atoms with Gasteiger partial charge in [0.25, 0.3) is 0 Å². The highest BCUT2D eigenvalue weighted by atomic mass is 32.1. The van der Waals surface area contributed by atoms with E-state index >= 15 is 0 Å². The van der Waals surface area contributed by atoms with Gasteiger partial charge in [-0.3, -0.25) is 0 Å². The predicted molar refractivity (Wildman–Crippen MR) is 67.6 cm³/mol. The maximum Gasteiger partial charge on any atom is 0.0953 e. The van der Waals surface area contributed by atoms with Gasteiger partial charge in [-0.05, 0) is 31.1 Å². The normalized spacial score (nSPS) is 30.9. The minimum Gasteiger partial charge on any atom is -0.389 e. The standard InChI is InChI=1S/C13H21NOS/c1-10(2)11-4-3-5-13(15,8-11)9-12-14-6-7-16-12/h6-7,10-11,15H,3-5,8-9H2,1-2H3. The molecule has 2 nitrogen and oxygen atoms in total. The maximum atomic E-state index is 10.6. The fourth-order valence-electron chi connectivity index (χ4n) is 2.74. The monoisotopic (exact) mass is 239 g/mol. The molecule has 0 radical (unpaired) electrons. The van der Waals surface area contributed by atoms with Gasteiger partial charge in [0.2, 0.25) is 0 Å². The predicted octanol–water partition coefficient (Wildman–Crippen LogP) is 3.26. The minimum atomic E-state index is -0.495. The molecule has 1 saturated carbocycles. The number of hydrogen-bond acceptors (Lipinski definition) is 3. The van der Waals surface area contributed by atoms with Gasteiger partial charge in [-0.25, -0.2) is 4.98 Å². The van der Waals surface area contributed by atoms with Gasteiger partial charge in [0, 0.05) is 18.0 Å². The van der Waals surface area contributed by atoms with Crippen molar-refractivity contribution in [2.75, 3.05) is 0 Å². The topological polar surface area (TPSA) is 33.1 Å². The lowest BCUT2D eigenvalue weighted by Crippen LogP contribution is -2.38. The average molecular weight is 239 g/mol. The molecular formula is C13H21NOS. The summed E-state index contributed by atoms with van der Waals surface area (Å²) >= 11 is 1.65. The Labute approximate surface area is 102 Å². The molecule has 0 bridgehead atoms. The zero-order valence-corrected chi connectivity index (χ0v) is 11.0. The smallest absolute Gasteiger partial charge is 0.0953 e. The van der Waals surface area contributed by atoms with E-state index in [0.717, 1.165) is 30.7 Å². The first kappa shape index (κ1) is 12.1. The first-order valence-electron chi connectivity index (χ1n) is 6.20. The molecule has 1 aliphatic rings. The van der Waals surface area contributed by atoms with E-state index in [2.05, 4.69) is 18.8 Å². The Morgan fingerprint density at radius 2 is 2.44 bits per heavy atom. The highest BCUT2D eigenvalue weighted by Crippen LogP contribution is 2.38. The van der Waals surface area contributed by atoms with E-state index < -0.39 is 5.60 Å². The molecule has 1 aromatic heterocycles. The van der Waals surface area contributed by atoms with Crippen LogP contribution in [0.1, 0.15) is 44.5 Å². The number of nitrogens with zero attached hydrogens (tertiary/aromatic N) is 1. The molecule has 1 aliphatic carbocycles. The quantitative estimate of drug-likeness (QED) is 0.878. The van der Waals surface area contributed by atoms with E-state index in [1.165, 1.54) is 6.42 Å². The largest absolute Gasteiger partial charge is 0.389 e. The summed E-state index contributed by atoms with van der Waals surface area (Å²) in [5, 5.41) is 13.7. The van der Waals surface area contributed by atoms with Crippen molar-refractivity contribution in [3.63, 3.8) is 0 Å². The van der Waals surface area contributed by atoms with Crippen LogP contribution in [0.15, 0.2) is 11.6 Å². The number of hydrogen-bond donors (Lipinski definition) is 1. The van der Waals surface area contributed by atoms with Gasteiger partial charge >= 0.3 is 0 Å². The summed E-state index contributed by atoms with van der Waals surface area (Å²) in [6.45, 7) is 4.53. The van der Waals surface area contributed by atoms with Crippen molar-refractivity contribution in [3.05, 3.63) is 16.6 Å². The van der Waals surface area contributed by atoms with Gasteiger partial charge in [-0.2, -0.15) is 0 Å². The summed E-state index contributed by atoms with van der Waals surface area (Å²) in [5.74, 6) is 1.36. The van der Waals surface area contributed by atoms with E-state index in [4.69, 9.17) is 0 Å². The van der Waals surface area contributed by atoms with E-state index in [9.17, 15) is 5.11 Å². The van der Waals surface area contributed by atoms with Gasteiger partial charge in [-0.1, -0.05) is 20.3 Å². The van der Waals surface area contributed by atoms with Crippen LogP contribution in [-0.4, -0.2) is 15.7 Å². The third-order valence-corrected chi connectivity index (χ3v) is 4.55. The zero-order chi connectivity index (χ0) is 11.6. The van der Waals surface area contributed by atoms with Crippen molar-refractivity contribution >= 4 is 11.3 Å². The molecule has 0 aliphatic heterocycles. The van der Waals surface area contributed by atoms with Crippen molar-refractivity contribution < 1.29 is 5.11 Å². The second kappa shape index (κ2) is 4.84. The van der Waals surface area contributed by atoms with Crippen LogP contribution < -0.4 is 0 Å². The molecule has 16 heavy (non-hydrogen) atoms. The molecule has 3 heteroatoms. The number of aliphatic hydroxyl groups is 1. The molecule has 90 valence electrons. The van der Waals surface area contributed by atoms with Crippen molar-refractivity contribution in [3.8, 4) is 0 Å². The molecule has 0 saturated heterocycles. The van der Waals surface area contributed by atoms with Gasteiger partial charge in [0.15, 0.2) is 0 Å². The number of aromatic nitrogens is 1. The molecule has 1 fully saturated rings. The van der Waals surface area contributed by atoms with E-state index in [1.807, 2.05) is 11.6 Å². The SMILES string of the molecule is CC(C)C1CCCC(O)(Cc2nccs2)C1. The van der Waals surface area contributed by atoms with Gasteiger partial charge in [0.05, 0.1) is 10.6 Å². The molecule has 2 atom stereocenters. The van der Waals surface area contributed by atoms with Gasteiger partial charge < -0.3 is 5.11 Å². The lowest BCUT2D eigenvalue weighted by atomic mass is 9.72. The Hall–Kier alpha value is -0.410. The Bertz CT molecular complexity index is 323. The number of thiazole rings is 1. The lowest BCUT2D eigenvalue weighted by Gasteiger charge is -2.38. The molecule has 2 rings (SSSR count). The summed E-state index contributed by atoms with van der Waals surface area (Å²) in [6, 6.07) is 0. The molecular weight excluding hydrogens is 218 g/mol. The van der Waals surface area contributed by atoms with Crippen LogP contribution in [0.25, 0.3) is 0 Å². The summed E-state index contributed by atoms with van der Waals surface area (Å²) in [6.07, 6.45) is 6.89. The van der Waals surface area contributed by atoms with Crippen LogP contribution in [0.3, 0.4) is 0 Å². The van der Waals surface area contributed by atoms with Crippen molar-refractivity contribution in [1.82, 2.24) is 4.98 Å². The molecule has 2 unspecified atom stereocenters. The second-order valence-electron chi connectivity index (χ2n) is 5.43. The van der Waals surface area contributed by atoms with Gasteiger partial charge in [-0.15, -0.1) is 11.3 Å². The Morgan fingerprint density at radius 1 is 1.62 bits per heavy atom. The van der Waals surface area contributed by atoms with Crippen LogP contribution in [-0.2, 0) is 6.42 Å². The summed E-state index contributed by atoms with van der Waals surface area (Å²) < 4.78 is 0. The molecule has 0 aromatic carbocycles. The van der Waals surface area contributed by atoms with Crippen LogP contribution in [0, 0.1) is 11.8 Å². The second-order valence-corrected chi connectivity index (χ2v) is 6.41. The van der Waals surface area contributed by atoms with Crippen LogP contribution in [0.2, 0.25) is 0 Å². The molecule has 0 amide bonds. The van der Waals surface area contributed by atoms with Crippen LogP contribution >= 0.6 is 11.3 Å². The highest BCUT2D eigenvalue weighted by molar-refractivity contribution is 7.09. The fraction of sp³-hybridized carbons (Fsp3) is 0.769. The zero-order valence-electron chi connectivity index (χ0n) is 10.1. The molecule has 1 N–H and O–H groups in total. The Morgan fingerprint density at radius 3 is 3.06 bits per heavy atom.